The lowest BCUT2D eigenvalue weighted by Crippen LogP contribution is -1.94. The zero-order valence-electron chi connectivity index (χ0n) is 6.41. The number of aromatic carboxylic acids is 1. The molecule has 2 aromatic rings. The highest BCUT2D eigenvalue weighted by Gasteiger charge is 2.08. The smallest absolute Gasteiger partial charge is 0.352 e. The number of nitrogens with zero attached hydrogens (tertiary/aromatic N) is 1. The first-order chi connectivity index (χ1) is 6.18. The van der Waals surface area contributed by atoms with Gasteiger partial charge in [-0.25, -0.2) is 9.78 Å². The van der Waals surface area contributed by atoms with Crippen LogP contribution in [0.25, 0.3) is 10.9 Å². The molecule has 0 aliphatic heterocycles. The lowest BCUT2D eigenvalue weighted by atomic mass is 10.3. The highest BCUT2D eigenvalue weighted by atomic mass is 79.9. The van der Waals surface area contributed by atoms with Gasteiger partial charge in [-0.15, -0.1) is 0 Å². The fraction of sp³-hybridized carbons (Fsp3) is 0. The van der Waals surface area contributed by atoms with Gasteiger partial charge in [0.2, 0.25) is 0 Å². The van der Waals surface area contributed by atoms with Gasteiger partial charge in [0.05, 0.1) is 5.52 Å². The molecule has 2 rings (SSSR count). The number of carboxylic acid groups (broad SMARTS) is 1. The molecule has 0 amide bonds. The van der Waals surface area contributed by atoms with E-state index in [1.807, 2.05) is 0 Å². The summed E-state index contributed by atoms with van der Waals surface area (Å²) in [6.45, 7) is 0. The van der Waals surface area contributed by atoms with Gasteiger partial charge >= 0.3 is 5.97 Å². The molecular weight excluding hydrogens is 236 g/mol. The van der Waals surface area contributed by atoms with Crippen LogP contribution in [-0.2, 0) is 0 Å². The molecule has 66 valence electrons. The summed E-state index contributed by atoms with van der Waals surface area (Å²) in [5.74, 6) is -0.969. The number of hydrogen-bond acceptors (Lipinski definition) is 2. The molecule has 0 radical (unpaired) electrons. The fourth-order valence-corrected chi connectivity index (χ4v) is 1.58. The Balaban J connectivity index is 2.75. The Hall–Kier alpha value is -1.36. The largest absolute Gasteiger partial charge is 0.477 e. The van der Waals surface area contributed by atoms with E-state index in [0.717, 1.165) is 5.39 Å². The van der Waals surface area contributed by atoms with Crippen LogP contribution >= 0.6 is 15.9 Å². The van der Waals surface area contributed by atoms with Gasteiger partial charge in [0.1, 0.15) is 10.3 Å². The monoisotopic (exact) mass is 240 g/mol. The predicted molar refractivity (Wildman–Crippen MR) is 50.8 cm³/mol. The molecule has 0 aromatic carbocycles. The Bertz CT molecular complexity index is 478. The summed E-state index contributed by atoms with van der Waals surface area (Å²) >= 11 is 3.22. The molecule has 2 N–H and O–H groups in total. The molecule has 0 fully saturated rings. The Morgan fingerprint density at radius 2 is 2.38 bits per heavy atom. The van der Waals surface area contributed by atoms with Crippen LogP contribution < -0.4 is 0 Å². The minimum Gasteiger partial charge on any atom is -0.477 e. The molecular formula is C8H5BrN2O2. The molecule has 0 unspecified atom stereocenters. The van der Waals surface area contributed by atoms with Crippen LogP contribution in [0.1, 0.15) is 10.5 Å². The van der Waals surface area contributed by atoms with Crippen molar-refractivity contribution in [1.82, 2.24) is 9.97 Å². The number of rotatable bonds is 1. The fourth-order valence-electron chi connectivity index (χ4n) is 1.14. The van der Waals surface area contributed by atoms with Crippen LogP contribution in [0.4, 0.5) is 0 Å². The summed E-state index contributed by atoms with van der Waals surface area (Å²) < 4.78 is 0.623. The first kappa shape index (κ1) is 8.25. The third-order valence-corrected chi connectivity index (χ3v) is 2.33. The number of carbonyl (C=O) groups is 1. The molecule has 13 heavy (non-hydrogen) atoms. The van der Waals surface area contributed by atoms with Crippen molar-refractivity contribution in [1.29, 1.82) is 0 Å². The van der Waals surface area contributed by atoms with E-state index in [-0.39, 0.29) is 5.69 Å². The molecule has 0 atom stereocenters. The van der Waals surface area contributed by atoms with E-state index in [1.54, 1.807) is 18.3 Å². The van der Waals surface area contributed by atoms with E-state index in [4.69, 9.17) is 5.11 Å². The van der Waals surface area contributed by atoms with Gasteiger partial charge in [-0.3, -0.25) is 0 Å². The SMILES string of the molecule is O=C(O)c1cc2ccnc(Br)c2[nH]1. The zero-order chi connectivity index (χ0) is 9.42. The summed E-state index contributed by atoms with van der Waals surface area (Å²) in [5, 5.41) is 9.54. The van der Waals surface area contributed by atoms with Crippen LogP contribution in [0.5, 0.6) is 0 Å². The first-order valence-corrected chi connectivity index (χ1v) is 4.34. The van der Waals surface area contributed by atoms with Gasteiger partial charge in [-0.05, 0) is 28.1 Å². The van der Waals surface area contributed by atoms with E-state index in [9.17, 15) is 4.79 Å². The van der Waals surface area contributed by atoms with E-state index in [0.29, 0.717) is 10.1 Å². The number of halogens is 1. The van der Waals surface area contributed by atoms with Crippen molar-refractivity contribution in [3.8, 4) is 0 Å². The number of hydrogen-bond donors (Lipinski definition) is 2. The zero-order valence-corrected chi connectivity index (χ0v) is 8.00. The van der Waals surface area contributed by atoms with Crippen LogP contribution in [0.15, 0.2) is 22.9 Å². The molecule has 0 aliphatic rings. The third kappa shape index (κ3) is 1.31. The molecule has 0 aliphatic carbocycles. The van der Waals surface area contributed by atoms with Gasteiger partial charge in [0.15, 0.2) is 0 Å². The van der Waals surface area contributed by atoms with Crippen molar-refractivity contribution in [3.05, 3.63) is 28.6 Å². The van der Waals surface area contributed by atoms with Crippen LogP contribution in [0, 0.1) is 0 Å². The van der Waals surface area contributed by atoms with Crippen molar-refractivity contribution in [3.63, 3.8) is 0 Å². The second-order valence-corrected chi connectivity index (χ2v) is 3.31. The highest BCUT2D eigenvalue weighted by molar-refractivity contribution is 9.10. The lowest BCUT2D eigenvalue weighted by molar-refractivity contribution is 0.0691. The second kappa shape index (κ2) is 2.85. The molecule has 2 aromatic heterocycles. The maximum Gasteiger partial charge on any atom is 0.352 e. The van der Waals surface area contributed by atoms with Gasteiger partial charge in [0, 0.05) is 11.6 Å². The number of aromatic nitrogens is 2. The predicted octanol–water partition coefficient (Wildman–Crippen LogP) is 2.02. The maximum absolute atomic E-state index is 10.6. The number of pyridine rings is 1. The lowest BCUT2D eigenvalue weighted by Gasteiger charge is -1.90. The van der Waals surface area contributed by atoms with Crippen LogP contribution in [0.2, 0.25) is 0 Å². The van der Waals surface area contributed by atoms with E-state index in [1.165, 1.54) is 0 Å². The molecule has 0 saturated carbocycles. The average molecular weight is 241 g/mol. The Kier molecular flexibility index (Phi) is 1.81. The normalized spacial score (nSPS) is 10.5. The highest BCUT2D eigenvalue weighted by Crippen LogP contribution is 2.21. The number of carboxylic acids is 1. The van der Waals surface area contributed by atoms with Crippen molar-refractivity contribution in [2.75, 3.05) is 0 Å². The number of nitrogens with one attached hydrogen (secondary N) is 1. The molecule has 2 heterocycles. The number of H-pyrrole nitrogens is 1. The Labute approximate surface area is 81.7 Å². The van der Waals surface area contributed by atoms with E-state index in [2.05, 4.69) is 25.9 Å². The van der Waals surface area contributed by atoms with E-state index < -0.39 is 5.97 Å². The molecule has 0 spiro atoms. The quantitative estimate of drug-likeness (QED) is 0.750. The van der Waals surface area contributed by atoms with Crippen molar-refractivity contribution in [2.24, 2.45) is 0 Å². The van der Waals surface area contributed by atoms with Gasteiger partial charge in [0.25, 0.3) is 0 Å². The minimum atomic E-state index is -0.969. The average Bonchev–Trinajstić information content (AvgIpc) is 2.49. The van der Waals surface area contributed by atoms with Gasteiger partial charge in [-0.1, -0.05) is 0 Å². The van der Waals surface area contributed by atoms with Gasteiger partial charge in [-0.2, -0.15) is 0 Å². The second-order valence-electron chi connectivity index (χ2n) is 2.55. The minimum absolute atomic E-state index is 0.170. The van der Waals surface area contributed by atoms with Crippen LogP contribution in [-0.4, -0.2) is 21.0 Å². The topological polar surface area (TPSA) is 66.0 Å². The Morgan fingerprint density at radius 3 is 3.00 bits per heavy atom. The van der Waals surface area contributed by atoms with Crippen molar-refractivity contribution >= 4 is 32.8 Å². The Morgan fingerprint density at radius 1 is 1.62 bits per heavy atom. The maximum atomic E-state index is 10.6. The molecule has 0 saturated heterocycles. The molecule has 4 nitrogen and oxygen atoms in total. The molecule has 0 bridgehead atoms. The number of aromatic amines is 1. The summed E-state index contributed by atoms with van der Waals surface area (Å²) in [6.07, 6.45) is 1.62. The molecule has 5 heteroatoms. The van der Waals surface area contributed by atoms with Crippen LogP contribution in [0.3, 0.4) is 0 Å². The summed E-state index contributed by atoms with van der Waals surface area (Å²) in [4.78, 5) is 17.3. The third-order valence-electron chi connectivity index (χ3n) is 1.73. The standard InChI is InChI=1S/C8H5BrN2O2/c9-7-6-4(1-2-10-7)3-5(11-6)8(12)13/h1-3,11H,(H,12,13). The summed E-state index contributed by atoms with van der Waals surface area (Å²) in [7, 11) is 0. The first-order valence-electron chi connectivity index (χ1n) is 3.55. The number of fused-ring (bicyclic) bond motifs is 1. The van der Waals surface area contributed by atoms with Crippen molar-refractivity contribution in [2.45, 2.75) is 0 Å². The van der Waals surface area contributed by atoms with Crippen molar-refractivity contribution < 1.29 is 9.90 Å². The summed E-state index contributed by atoms with van der Waals surface area (Å²) in [5.41, 5.74) is 0.878. The van der Waals surface area contributed by atoms with Gasteiger partial charge < -0.3 is 10.1 Å². The van der Waals surface area contributed by atoms with E-state index >= 15 is 0 Å². The summed E-state index contributed by atoms with van der Waals surface area (Å²) in [6, 6.07) is 3.33.